The average Bonchev–Trinajstić information content (AvgIpc) is 1.81. The summed E-state index contributed by atoms with van der Waals surface area (Å²) in [7, 11) is 0. The van der Waals surface area contributed by atoms with Crippen LogP contribution in [0, 0.1) is 0 Å². The van der Waals surface area contributed by atoms with Crippen LogP contribution >= 0.6 is 0 Å². The Morgan fingerprint density at radius 1 is 1.50 bits per heavy atom. The van der Waals surface area contributed by atoms with Crippen molar-refractivity contribution in [2.45, 2.75) is 12.8 Å². The average molecular weight is 113 g/mol. The Balaban J connectivity index is 2.91. The van der Waals surface area contributed by atoms with Gasteiger partial charge in [0.05, 0.1) is 0 Å². The van der Waals surface area contributed by atoms with E-state index in [0.717, 1.165) is 19.1 Å². The second-order valence-electron chi connectivity index (χ2n) is 1.50. The molecule has 0 aliphatic carbocycles. The third-order valence-electron chi connectivity index (χ3n) is 0.790. The van der Waals surface area contributed by atoms with Crippen LogP contribution in [0.15, 0.2) is 12.2 Å². The first-order valence-corrected chi connectivity index (χ1v) is 2.72. The molecule has 0 rings (SSSR count). The van der Waals surface area contributed by atoms with Gasteiger partial charge >= 0.3 is 0 Å². The second-order valence-corrected chi connectivity index (χ2v) is 1.50. The van der Waals surface area contributed by atoms with Crippen LogP contribution in [0.2, 0.25) is 0 Å². The molecular weight excluding hydrogens is 102 g/mol. The fraction of sp³-hybridized carbons (Fsp3) is 0.500. The van der Waals surface area contributed by atoms with E-state index in [-0.39, 0.29) is 0 Å². The lowest BCUT2D eigenvalue weighted by Crippen LogP contribution is -1.96. The number of carbonyl (C=O) groups is 1. The van der Waals surface area contributed by atoms with Gasteiger partial charge in [0.1, 0.15) is 6.29 Å². The van der Waals surface area contributed by atoms with Gasteiger partial charge in [0, 0.05) is 0 Å². The van der Waals surface area contributed by atoms with Crippen molar-refractivity contribution in [3.05, 3.63) is 12.2 Å². The summed E-state index contributed by atoms with van der Waals surface area (Å²) in [5.41, 5.74) is 5.19. The Bertz CT molecular complexity index is 78.6. The van der Waals surface area contributed by atoms with Crippen LogP contribution in [-0.4, -0.2) is 12.8 Å². The van der Waals surface area contributed by atoms with E-state index in [4.69, 9.17) is 5.73 Å². The quantitative estimate of drug-likeness (QED) is 0.327. The molecule has 46 valence electrons. The number of unbranched alkanes of at least 4 members (excludes halogenated alkanes) is 1. The van der Waals surface area contributed by atoms with Crippen LogP contribution in [-0.2, 0) is 4.79 Å². The topological polar surface area (TPSA) is 43.1 Å². The fourth-order valence-corrected chi connectivity index (χ4v) is 0.387. The van der Waals surface area contributed by atoms with Gasteiger partial charge in [0.2, 0.25) is 0 Å². The van der Waals surface area contributed by atoms with Crippen molar-refractivity contribution in [1.82, 2.24) is 0 Å². The van der Waals surface area contributed by atoms with Crippen LogP contribution in [0.3, 0.4) is 0 Å². The van der Waals surface area contributed by atoms with Gasteiger partial charge in [-0.1, -0.05) is 6.08 Å². The van der Waals surface area contributed by atoms with Crippen molar-refractivity contribution in [2.75, 3.05) is 6.54 Å². The lowest BCUT2D eigenvalue weighted by Gasteiger charge is -1.84. The number of hydrogen-bond acceptors (Lipinski definition) is 2. The van der Waals surface area contributed by atoms with Crippen LogP contribution in [0.1, 0.15) is 12.8 Å². The maximum atomic E-state index is 9.65. The molecule has 0 fully saturated rings. The number of allylic oxidation sites excluding steroid dienone is 2. The molecule has 0 aromatic heterocycles. The molecule has 0 saturated heterocycles. The van der Waals surface area contributed by atoms with E-state index in [1.54, 1.807) is 0 Å². The Hall–Kier alpha value is -0.630. The Kier molecular flexibility index (Phi) is 5.87. The van der Waals surface area contributed by atoms with Crippen molar-refractivity contribution in [3.63, 3.8) is 0 Å². The first-order chi connectivity index (χ1) is 3.91. The molecule has 0 radical (unpaired) electrons. The van der Waals surface area contributed by atoms with Gasteiger partial charge < -0.3 is 5.73 Å². The molecule has 0 bridgehead atoms. The number of nitrogens with two attached hydrogens (primary N) is 1. The van der Waals surface area contributed by atoms with Crippen molar-refractivity contribution in [2.24, 2.45) is 5.73 Å². The van der Waals surface area contributed by atoms with Gasteiger partial charge in [-0.3, -0.25) is 4.79 Å². The summed E-state index contributed by atoms with van der Waals surface area (Å²) in [4.78, 5) is 9.65. The molecule has 0 amide bonds. The summed E-state index contributed by atoms with van der Waals surface area (Å²) in [6, 6.07) is 0. The predicted molar refractivity (Wildman–Crippen MR) is 33.5 cm³/mol. The molecule has 0 atom stereocenters. The van der Waals surface area contributed by atoms with Gasteiger partial charge in [0.15, 0.2) is 0 Å². The van der Waals surface area contributed by atoms with E-state index < -0.39 is 0 Å². The molecule has 0 spiro atoms. The Labute approximate surface area is 49.4 Å². The highest BCUT2D eigenvalue weighted by atomic mass is 16.1. The molecule has 2 N–H and O–H groups in total. The van der Waals surface area contributed by atoms with Crippen LogP contribution < -0.4 is 5.73 Å². The standard InChI is InChI=1S/C6H11NO/c7-5-3-1-2-4-6-8/h2,4,6H,1,3,5,7H2. The van der Waals surface area contributed by atoms with Crippen molar-refractivity contribution in [3.8, 4) is 0 Å². The van der Waals surface area contributed by atoms with Crippen LogP contribution in [0.25, 0.3) is 0 Å². The summed E-state index contributed by atoms with van der Waals surface area (Å²) in [6.07, 6.45) is 5.96. The molecule has 2 nitrogen and oxygen atoms in total. The summed E-state index contributed by atoms with van der Waals surface area (Å²) >= 11 is 0. The molecule has 0 aromatic rings. The minimum absolute atomic E-state index is 0.698. The van der Waals surface area contributed by atoms with Crippen LogP contribution in [0.4, 0.5) is 0 Å². The third kappa shape index (κ3) is 5.37. The van der Waals surface area contributed by atoms with Gasteiger partial charge in [-0.25, -0.2) is 0 Å². The molecule has 0 unspecified atom stereocenters. The molecule has 0 heterocycles. The highest BCUT2D eigenvalue weighted by molar-refractivity contribution is 5.64. The van der Waals surface area contributed by atoms with E-state index in [0.29, 0.717) is 6.54 Å². The zero-order valence-corrected chi connectivity index (χ0v) is 4.84. The predicted octanol–water partition coefficient (Wildman–Crippen LogP) is 0.480. The minimum Gasteiger partial charge on any atom is -0.330 e. The minimum atomic E-state index is 0.698. The van der Waals surface area contributed by atoms with Gasteiger partial charge in [-0.2, -0.15) is 0 Å². The van der Waals surface area contributed by atoms with Crippen LogP contribution in [0.5, 0.6) is 0 Å². The summed E-state index contributed by atoms with van der Waals surface area (Å²) in [5.74, 6) is 0. The molecule has 0 aromatic carbocycles. The van der Waals surface area contributed by atoms with Gasteiger partial charge in [-0.15, -0.1) is 0 Å². The summed E-state index contributed by atoms with van der Waals surface area (Å²) in [6.45, 7) is 0.698. The molecule has 0 aliphatic heterocycles. The lowest BCUT2D eigenvalue weighted by atomic mass is 10.3. The van der Waals surface area contributed by atoms with E-state index in [1.165, 1.54) is 6.08 Å². The van der Waals surface area contributed by atoms with Gasteiger partial charge in [-0.05, 0) is 25.5 Å². The number of aldehydes is 1. The summed E-state index contributed by atoms with van der Waals surface area (Å²) in [5, 5.41) is 0. The normalized spacial score (nSPS) is 10.1. The first-order valence-electron chi connectivity index (χ1n) is 2.72. The SMILES string of the molecule is NCCCC=CC=O. The maximum absolute atomic E-state index is 9.65. The maximum Gasteiger partial charge on any atom is 0.142 e. The highest BCUT2D eigenvalue weighted by Crippen LogP contribution is 1.85. The fourth-order valence-electron chi connectivity index (χ4n) is 0.387. The third-order valence-corrected chi connectivity index (χ3v) is 0.790. The molecule has 8 heavy (non-hydrogen) atoms. The van der Waals surface area contributed by atoms with Gasteiger partial charge in [0.25, 0.3) is 0 Å². The van der Waals surface area contributed by atoms with Crippen molar-refractivity contribution >= 4 is 6.29 Å². The summed E-state index contributed by atoms with van der Waals surface area (Å²) < 4.78 is 0. The monoisotopic (exact) mass is 113 g/mol. The van der Waals surface area contributed by atoms with E-state index in [1.807, 2.05) is 6.08 Å². The zero-order chi connectivity index (χ0) is 6.24. The smallest absolute Gasteiger partial charge is 0.142 e. The Morgan fingerprint density at radius 2 is 2.25 bits per heavy atom. The van der Waals surface area contributed by atoms with E-state index in [2.05, 4.69) is 0 Å². The first kappa shape index (κ1) is 7.37. The number of carbonyl (C=O) groups excluding carboxylic acids is 1. The lowest BCUT2D eigenvalue weighted by molar-refractivity contribution is -0.104. The molecule has 0 saturated carbocycles. The zero-order valence-electron chi connectivity index (χ0n) is 4.84. The highest BCUT2D eigenvalue weighted by Gasteiger charge is 1.74. The van der Waals surface area contributed by atoms with E-state index in [9.17, 15) is 4.79 Å². The second kappa shape index (κ2) is 6.37. The Morgan fingerprint density at radius 3 is 2.75 bits per heavy atom. The largest absolute Gasteiger partial charge is 0.330 e. The number of hydrogen-bond donors (Lipinski definition) is 1. The molecule has 0 aliphatic rings. The number of rotatable bonds is 4. The van der Waals surface area contributed by atoms with Crippen molar-refractivity contribution < 1.29 is 4.79 Å². The van der Waals surface area contributed by atoms with E-state index >= 15 is 0 Å². The van der Waals surface area contributed by atoms with Crippen molar-refractivity contribution in [1.29, 1.82) is 0 Å². The molecule has 2 heteroatoms. The molecular formula is C6H11NO.